The number of fused-ring (bicyclic) bond motifs is 1. The minimum absolute atomic E-state index is 0.0734. The van der Waals surface area contributed by atoms with Gasteiger partial charge < -0.3 is 9.30 Å². The number of nitro groups is 1. The molecule has 0 saturated carbocycles. The molecule has 2 heterocycles. The van der Waals surface area contributed by atoms with Crippen molar-refractivity contribution in [2.24, 2.45) is 4.99 Å². The van der Waals surface area contributed by atoms with Gasteiger partial charge in [-0.3, -0.25) is 14.9 Å². The van der Waals surface area contributed by atoms with E-state index in [2.05, 4.69) is 10.9 Å². The molecule has 1 aliphatic heterocycles. The second-order valence-corrected chi connectivity index (χ2v) is 9.99. The Kier molecular flexibility index (Phi) is 6.39. The molecule has 0 unspecified atom stereocenters. The van der Waals surface area contributed by atoms with Crippen LogP contribution in [0.5, 0.6) is 0 Å². The Labute approximate surface area is 192 Å². The Morgan fingerprint density at radius 3 is 2.55 bits per heavy atom. The van der Waals surface area contributed by atoms with Crippen molar-refractivity contribution in [2.45, 2.75) is 11.4 Å². The van der Waals surface area contributed by atoms with Crippen molar-refractivity contribution < 1.29 is 22.9 Å². The van der Waals surface area contributed by atoms with Gasteiger partial charge in [0, 0.05) is 30.8 Å². The number of amides is 1. The van der Waals surface area contributed by atoms with Crippen LogP contribution >= 0.6 is 11.3 Å². The lowest BCUT2D eigenvalue weighted by atomic mass is 10.2. The molecule has 0 spiro atoms. The Morgan fingerprint density at radius 2 is 1.91 bits per heavy atom. The molecular formula is C21H18N4O6S2. The summed E-state index contributed by atoms with van der Waals surface area (Å²) < 4.78 is 34.3. The van der Waals surface area contributed by atoms with Gasteiger partial charge in [-0.15, -0.1) is 6.42 Å². The first-order chi connectivity index (χ1) is 15.8. The summed E-state index contributed by atoms with van der Waals surface area (Å²) in [6.45, 7) is 1.30. The van der Waals surface area contributed by atoms with Crippen LogP contribution in [0.2, 0.25) is 0 Å². The minimum atomic E-state index is -3.67. The van der Waals surface area contributed by atoms with Crippen molar-refractivity contribution in [3.8, 4) is 12.3 Å². The molecule has 0 atom stereocenters. The Bertz CT molecular complexity index is 1440. The normalized spacial score (nSPS) is 15.4. The van der Waals surface area contributed by atoms with Gasteiger partial charge in [-0.05, 0) is 30.3 Å². The van der Waals surface area contributed by atoms with Crippen LogP contribution in [0.15, 0.2) is 52.4 Å². The molecule has 4 rings (SSSR count). The maximum atomic E-state index is 12.8. The first kappa shape index (κ1) is 22.8. The third-order valence-electron chi connectivity index (χ3n) is 5.03. The van der Waals surface area contributed by atoms with Crippen LogP contribution in [0.3, 0.4) is 0 Å². The molecule has 1 aliphatic rings. The average molecular weight is 487 g/mol. The fraction of sp³-hybridized carbons (Fsp3) is 0.238. The van der Waals surface area contributed by atoms with E-state index >= 15 is 0 Å². The lowest BCUT2D eigenvalue weighted by Gasteiger charge is -2.26. The summed E-state index contributed by atoms with van der Waals surface area (Å²) in [6, 6.07) is 9.90. The summed E-state index contributed by atoms with van der Waals surface area (Å²) in [6.07, 6.45) is 5.44. The first-order valence-electron chi connectivity index (χ1n) is 9.79. The topological polar surface area (TPSA) is 124 Å². The Balaban J connectivity index is 1.67. The summed E-state index contributed by atoms with van der Waals surface area (Å²) in [4.78, 5) is 27.9. The van der Waals surface area contributed by atoms with E-state index in [9.17, 15) is 23.3 Å². The van der Waals surface area contributed by atoms with Crippen LogP contribution in [0.1, 0.15) is 10.4 Å². The Hall–Kier alpha value is -3.37. The number of non-ortho nitro benzene ring substituents is 1. The predicted octanol–water partition coefficient (Wildman–Crippen LogP) is 2.01. The van der Waals surface area contributed by atoms with Crippen molar-refractivity contribution in [1.82, 2.24) is 8.87 Å². The molecule has 170 valence electrons. The molecule has 0 bridgehead atoms. The number of sulfonamides is 1. The summed E-state index contributed by atoms with van der Waals surface area (Å²) >= 11 is 1.18. The number of nitro benzene ring substituents is 1. The number of nitrogens with zero attached hydrogens (tertiary/aromatic N) is 4. The number of rotatable bonds is 5. The summed E-state index contributed by atoms with van der Waals surface area (Å²) in [5, 5.41) is 11.1. The molecule has 1 fully saturated rings. The van der Waals surface area contributed by atoms with E-state index in [0.29, 0.717) is 28.2 Å². The van der Waals surface area contributed by atoms with Crippen molar-refractivity contribution in [2.75, 3.05) is 26.3 Å². The van der Waals surface area contributed by atoms with Crippen LogP contribution in [0.25, 0.3) is 10.2 Å². The number of hydrogen-bond acceptors (Lipinski definition) is 7. The molecule has 1 amide bonds. The lowest BCUT2D eigenvalue weighted by molar-refractivity contribution is -0.384. The second kappa shape index (κ2) is 9.24. The van der Waals surface area contributed by atoms with E-state index in [0.717, 1.165) is 0 Å². The molecule has 12 heteroatoms. The minimum Gasteiger partial charge on any atom is -0.379 e. The van der Waals surface area contributed by atoms with E-state index in [4.69, 9.17) is 11.2 Å². The highest BCUT2D eigenvalue weighted by Gasteiger charge is 2.26. The van der Waals surface area contributed by atoms with Crippen LogP contribution in [0.4, 0.5) is 5.69 Å². The smallest absolute Gasteiger partial charge is 0.279 e. The highest BCUT2D eigenvalue weighted by atomic mass is 32.2. The largest absolute Gasteiger partial charge is 0.379 e. The van der Waals surface area contributed by atoms with Gasteiger partial charge in [0.25, 0.3) is 11.6 Å². The van der Waals surface area contributed by atoms with Gasteiger partial charge in [0.1, 0.15) is 0 Å². The highest BCUT2D eigenvalue weighted by Crippen LogP contribution is 2.23. The van der Waals surface area contributed by atoms with Crippen molar-refractivity contribution >= 4 is 43.2 Å². The number of thiazole rings is 1. The number of morpholine rings is 1. The molecule has 0 N–H and O–H groups in total. The highest BCUT2D eigenvalue weighted by molar-refractivity contribution is 7.89. The fourth-order valence-electron chi connectivity index (χ4n) is 3.36. The van der Waals surface area contributed by atoms with E-state index in [1.165, 1.54) is 52.0 Å². The first-order valence-corrected chi connectivity index (χ1v) is 12.0. The SMILES string of the molecule is C#CCn1c(=NC(=O)c2ccc(S(=O)(=O)N3CCOCC3)cc2)sc2ccc([N+](=O)[O-])cc21. The van der Waals surface area contributed by atoms with Gasteiger partial charge in [-0.2, -0.15) is 9.30 Å². The Morgan fingerprint density at radius 1 is 1.21 bits per heavy atom. The molecule has 1 saturated heterocycles. The number of terminal acetylenes is 1. The third kappa shape index (κ3) is 4.57. The molecule has 1 aromatic heterocycles. The van der Waals surface area contributed by atoms with E-state index in [-0.39, 0.29) is 35.8 Å². The maximum Gasteiger partial charge on any atom is 0.279 e. The van der Waals surface area contributed by atoms with Gasteiger partial charge in [0.2, 0.25) is 10.0 Å². The number of aromatic nitrogens is 1. The monoisotopic (exact) mass is 486 g/mol. The van der Waals surface area contributed by atoms with Crippen molar-refractivity contribution in [1.29, 1.82) is 0 Å². The van der Waals surface area contributed by atoms with Crippen LogP contribution in [-0.2, 0) is 21.3 Å². The van der Waals surface area contributed by atoms with Gasteiger partial charge in [0.05, 0.1) is 39.8 Å². The second-order valence-electron chi connectivity index (χ2n) is 7.04. The number of carbonyl (C=O) groups excluding carboxylic acids is 1. The van der Waals surface area contributed by atoms with E-state index < -0.39 is 20.9 Å². The van der Waals surface area contributed by atoms with Crippen LogP contribution < -0.4 is 4.80 Å². The molecular weight excluding hydrogens is 468 g/mol. The third-order valence-corrected chi connectivity index (χ3v) is 8.00. The maximum absolute atomic E-state index is 12.8. The zero-order valence-electron chi connectivity index (χ0n) is 17.2. The summed E-state index contributed by atoms with van der Waals surface area (Å²) in [5.41, 5.74) is 0.610. The van der Waals surface area contributed by atoms with Crippen molar-refractivity contribution in [3.05, 3.63) is 62.9 Å². The zero-order valence-corrected chi connectivity index (χ0v) is 18.8. The fourth-order valence-corrected chi connectivity index (χ4v) is 5.77. The predicted molar refractivity (Wildman–Crippen MR) is 121 cm³/mol. The van der Waals surface area contributed by atoms with Crippen LogP contribution in [-0.4, -0.2) is 54.4 Å². The van der Waals surface area contributed by atoms with Crippen molar-refractivity contribution in [3.63, 3.8) is 0 Å². The molecule has 2 aromatic carbocycles. The molecule has 0 aliphatic carbocycles. The quantitative estimate of drug-likeness (QED) is 0.309. The standard InChI is InChI=1S/C21H18N4O6S2/c1-2-9-24-18-14-16(25(27)28)5-8-19(18)32-21(24)22-20(26)15-3-6-17(7-4-15)33(29,30)23-10-12-31-13-11-23/h1,3-8,14H,9-13H2. The van der Waals surface area contributed by atoms with Gasteiger partial charge in [-0.1, -0.05) is 17.3 Å². The number of ether oxygens (including phenoxy) is 1. The molecule has 10 nitrogen and oxygen atoms in total. The van der Waals surface area contributed by atoms with Crippen LogP contribution in [0, 0.1) is 22.5 Å². The summed E-state index contributed by atoms with van der Waals surface area (Å²) in [5.74, 6) is 1.88. The van der Waals surface area contributed by atoms with E-state index in [1.54, 1.807) is 10.6 Å². The number of benzene rings is 2. The van der Waals surface area contributed by atoms with Gasteiger partial charge >= 0.3 is 0 Å². The average Bonchev–Trinajstić information content (AvgIpc) is 3.16. The molecule has 33 heavy (non-hydrogen) atoms. The molecule has 3 aromatic rings. The summed E-state index contributed by atoms with van der Waals surface area (Å²) in [7, 11) is -3.67. The zero-order chi connectivity index (χ0) is 23.6. The van der Waals surface area contributed by atoms with E-state index in [1.807, 2.05) is 0 Å². The number of carbonyl (C=O) groups is 1. The number of hydrogen-bond donors (Lipinski definition) is 0. The van der Waals surface area contributed by atoms with Gasteiger partial charge in [-0.25, -0.2) is 8.42 Å². The van der Waals surface area contributed by atoms with Gasteiger partial charge in [0.15, 0.2) is 4.80 Å². The lowest BCUT2D eigenvalue weighted by Crippen LogP contribution is -2.40. The molecule has 0 radical (unpaired) electrons.